The van der Waals surface area contributed by atoms with Crippen LogP contribution in [-0.2, 0) is 19.4 Å². The summed E-state index contributed by atoms with van der Waals surface area (Å²) in [5.41, 5.74) is 5.38. The van der Waals surface area contributed by atoms with Crippen LogP contribution in [-0.4, -0.2) is 7.11 Å². The van der Waals surface area contributed by atoms with Gasteiger partial charge in [0.2, 0.25) is 0 Å². The molecule has 20 heavy (non-hydrogen) atoms. The van der Waals surface area contributed by atoms with E-state index in [4.69, 9.17) is 4.74 Å². The quantitative estimate of drug-likeness (QED) is 0.886. The molecule has 0 saturated heterocycles. The van der Waals surface area contributed by atoms with Crippen molar-refractivity contribution in [1.29, 1.82) is 0 Å². The minimum absolute atomic E-state index is 0.820. The Morgan fingerprint density at radius 1 is 1.10 bits per heavy atom. The highest BCUT2D eigenvalue weighted by Crippen LogP contribution is 2.29. The Balaban J connectivity index is 1.75. The fraction of sp³-hybridized carbons (Fsp3) is 0.294. The second-order valence-corrected chi connectivity index (χ2v) is 6.07. The Kier molecular flexibility index (Phi) is 3.97. The topological polar surface area (TPSA) is 21.3 Å². The maximum Gasteiger partial charge on any atom is 0.142 e. The summed E-state index contributed by atoms with van der Waals surface area (Å²) < 4.78 is 6.43. The van der Waals surface area contributed by atoms with Crippen LogP contribution in [0.3, 0.4) is 0 Å². The van der Waals surface area contributed by atoms with Crippen LogP contribution < -0.4 is 10.1 Å². The van der Waals surface area contributed by atoms with Gasteiger partial charge in [-0.15, -0.1) is 0 Å². The number of halogens is 1. The van der Waals surface area contributed by atoms with Crippen molar-refractivity contribution in [2.45, 2.75) is 25.8 Å². The number of aryl methyl sites for hydroxylation is 2. The molecule has 0 fully saturated rings. The maximum absolute atomic E-state index is 5.38. The lowest BCUT2D eigenvalue weighted by atomic mass is 10.1. The third kappa shape index (κ3) is 2.83. The predicted octanol–water partition coefficient (Wildman–Crippen LogP) is 4.56. The van der Waals surface area contributed by atoms with Crippen molar-refractivity contribution in [3.8, 4) is 5.75 Å². The Labute approximate surface area is 128 Å². The summed E-state index contributed by atoms with van der Waals surface area (Å²) in [6, 6.07) is 12.8. The molecule has 2 aromatic carbocycles. The van der Waals surface area contributed by atoms with E-state index in [0.717, 1.165) is 22.5 Å². The zero-order valence-corrected chi connectivity index (χ0v) is 13.2. The van der Waals surface area contributed by atoms with Crippen LogP contribution >= 0.6 is 15.9 Å². The second kappa shape index (κ2) is 5.88. The van der Waals surface area contributed by atoms with Gasteiger partial charge in [-0.2, -0.15) is 0 Å². The molecule has 0 bridgehead atoms. The van der Waals surface area contributed by atoms with E-state index in [-0.39, 0.29) is 0 Å². The first-order valence-electron chi connectivity index (χ1n) is 6.94. The number of ether oxygens (including phenoxy) is 1. The third-order valence-corrected chi connectivity index (χ3v) is 4.30. The zero-order valence-electron chi connectivity index (χ0n) is 11.6. The van der Waals surface area contributed by atoms with Crippen molar-refractivity contribution in [2.24, 2.45) is 0 Å². The summed E-state index contributed by atoms with van der Waals surface area (Å²) in [7, 11) is 1.70. The van der Waals surface area contributed by atoms with Gasteiger partial charge in [-0.3, -0.25) is 0 Å². The monoisotopic (exact) mass is 331 g/mol. The lowest BCUT2D eigenvalue weighted by Crippen LogP contribution is -2.02. The van der Waals surface area contributed by atoms with Crippen LogP contribution in [0.5, 0.6) is 5.75 Å². The standard InChI is InChI=1S/C17H18BrNO/c1-20-17-8-7-15(18)10-16(17)19-11-12-5-6-13-3-2-4-14(13)9-12/h5-10,19H,2-4,11H2,1H3. The summed E-state index contributed by atoms with van der Waals surface area (Å²) in [5.74, 6) is 0.870. The molecule has 0 radical (unpaired) electrons. The van der Waals surface area contributed by atoms with Crippen LogP contribution in [0.4, 0.5) is 5.69 Å². The van der Waals surface area contributed by atoms with Gasteiger partial charge in [0.05, 0.1) is 12.8 Å². The summed E-state index contributed by atoms with van der Waals surface area (Å²) in [6.07, 6.45) is 3.76. The van der Waals surface area contributed by atoms with Gasteiger partial charge in [-0.1, -0.05) is 34.1 Å². The number of hydrogen-bond donors (Lipinski definition) is 1. The second-order valence-electron chi connectivity index (χ2n) is 5.15. The van der Waals surface area contributed by atoms with Crippen LogP contribution in [0.15, 0.2) is 40.9 Å². The van der Waals surface area contributed by atoms with E-state index in [1.165, 1.54) is 36.0 Å². The van der Waals surface area contributed by atoms with Crippen LogP contribution in [0.2, 0.25) is 0 Å². The largest absolute Gasteiger partial charge is 0.495 e. The molecule has 1 N–H and O–H groups in total. The number of rotatable bonds is 4. The molecule has 0 amide bonds. The van der Waals surface area contributed by atoms with Crippen molar-refractivity contribution in [1.82, 2.24) is 0 Å². The highest BCUT2D eigenvalue weighted by Gasteiger charge is 2.11. The number of benzene rings is 2. The van der Waals surface area contributed by atoms with E-state index >= 15 is 0 Å². The highest BCUT2D eigenvalue weighted by molar-refractivity contribution is 9.10. The zero-order chi connectivity index (χ0) is 13.9. The van der Waals surface area contributed by atoms with Gasteiger partial charge in [0, 0.05) is 11.0 Å². The molecule has 3 rings (SSSR count). The molecular weight excluding hydrogens is 314 g/mol. The van der Waals surface area contributed by atoms with Gasteiger partial charge >= 0.3 is 0 Å². The molecule has 0 heterocycles. The van der Waals surface area contributed by atoms with Crippen molar-refractivity contribution in [3.05, 3.63) is 57.6 Å². The molecular formula is C17H18BrNO. The lowest BCUT2D eigenvalue weighted by molar-refractivity contribution is 0.416. The summed E-state index contributed by atoms with van der Waals surface area (Å²) >= 11 is 3.50. The summed E-state index contributed by atoms with van der Waals surface area (Å²) in [4.78, 5) is 0. The normalized spacial score (nSPS) is 13.1. The smallest absolute Gasteiger partial charge is 0.142 e. The van der Waals surface area contributed by atoms with Crippen LogP contribution in [0, 0.1) is 0 Å². The average Bonchev–Trinajstić information content (AvgIpc) is 2.92. The number of nitrogens with one attached hydrogen (secondary N) is 1. The van der Waals surface area contributed by atoms with Gasteiger partial charge < -0.3 is 10.1 Å². The Morgan fingerprint density at radius 3 is 2.80 bits per heavy atom. The van der Waals surface area contributed by atoms with Gasteiger partial charge in [0.1, 0.15) is 5.75 Å². The molecule has 0 aliphatic heterocycles. The summed E-state index contributed by atoms with van der Waals surface area (Å²) in [6.45, 7) is 0.820. The van der Waals surface area contributed by atoms with E-state index in [9.17, 15) is 0 Å². The predicted molar refractivity (Wildman–Crippen MR) is 86.5 cm³/mol. The van der Waals surface area contributed by atoms with E-state index in [2.05, 4.69) is 39.4 Å². The number of fused-ring (bicyclic) bond motifs is 1. The molecule has 104 valence electrons. The van der Waals surface area contributed by atoms with Gasteiger partial charge in [0.25, 0.3) is 0 Å². The van der Waals surface area contributed by atoms with Crippen LogP contribution in [0.1, 0.15) is 23.1 Å². The van der Waals surface area contributed by atoms with Gasteiger partial charge in [-0.05, 0) is 54.2 Å². The number of anilines is 1. The molecule has 1 aliphatic carbocycles. The molecule has 2 nitrogen and oxygen atoms in total. The van der Waals surface area contributed by atoms with Crippen molar-refractivity contribution >= 4 is 21.6 Å². The van der Waals surface area contributed by atoms with E-state index < -0.39 is 0 Å². The fourth-order valence-electron chi connectivity index (χ4n) is 2.75. The molecule has 0 spiro atoms. The van der Waals surface area contributed by atoms with E-state index in [1.54, 1.807) is 7.11 Å². The van der Waals surface area contributed by atoms with Gasteiger partial charge in [-0.25, -0.2) is 0 Å². The fourth-order valence-corrected chi connectivity index (χ4v) is 3.11. The minimum Gasteiger partial charge on any atom is -0.495 e. The third-order valence-electron chi connectivity index (χ3n) is 3.81. The first-order chi connectivity index (χ1) is 9.76. The molecule has 1 aliphatic rings. The molecule has 0 saturated carbocycles. The highest BCUT2D eigenvalue weighted by atomic mass is 79.9. The minimum atomic E-state index is 0.820. The first-order valence-corrected chi connectivity index (χ1v) is 7.73. The number of hydrogen-bond acceptors (Lipinski definition) is 2. The lowest BCUT2D eigenvalue weighted by Gasteiger charge is -2.12. The maximum atomic E-state index is 5.38. The van der Waals surface area contributed by atoms with Crippen LogP contribution in [0.25, 0.3) is 0 Å². The summed E-state index contributed by atoms with van der Waals surface area (Å²) in [5, 5.41) is 3.46. The molecule has 0 unspecified atom stereocenters. The van der Waals surface area contributed by atoms with Crippen molar-refractivity contribution < 1.29 is 4.74 Å². The van der Waals surface area contributed by atoms with E-state index in [0.29, 0.717) is 0 Å². The van der Waals surface area contributed by atoms with E-state index in [1.807, 2.05) is 18.2 Å². The Hall–Kier alpha value is -1.48. The van der Waals surface area contributed by atoms with Crippen molar-refractivity contribution in [2.75, 3.05) is 12.4 Å². The Bertz CT molecular complexity index is 624. The SMILES string of the molecule is COc1ccc(Br)cc1NCc1ccc2c(c1)CCC2. The molecule has 3 heteroatoms. The molecule has 0 aromatic heterocycles. The number of methoxy groups -OCH3 is 1. The average molecular weight is 332 g/mol. The first kappa shape index (κ1) is 13.5. The van der Waals surface area contributed by atoms with Gasteiger partial charge in [0.15, 0.2) is 0 Å². The molecule has 0 atom stereocenters. The molecule has 2 aromatic rings. The Morgan fingerprint density at radius 2 is 1.95 bits per heavy atom. The van der Waals surface area contributed by atoms with Crippen molar-refractivity contribution in [3.63, 3.8) is 0 Å².